The first-order valence-corrected chi connectivity index (χ1v) is 9.04. The molecule has 2 heterocycles. The zero-order chi connectivity index (χ0) is 19.5. The van der Waals surface area contributed by atoms with Crippen LogP contribution in [0.2, 0.25) is 0 Å². The number of carbonyl (C=O) groups excluding carboxylic acids is 2. The van der Waals surface area contributed by atoms with E-state index in [1.54, 1.807) is 11.1 Å². The zero-order valence-electron chi connectivity index (χ0n) is 16.6. The minimum atomic E-state index is -0.482. The highest BCUT2D eigenvalue weighted by Crippen LogP contribution is 2.22. The highest BCUT2D eigenvalue weighted by atomic mass is 16.6. The van der Waals surface area contributed by atoms with E-state index in [1.807, 2.05) is 41.5 Å². The summed E-state index contributed by atoms with van der Waals surface area (Å²) < 4.78 is 5.42. The van der Waals surface area contributed by atoms with Gasteiger partial charge in [-0.3, -0.25) is 9.78 Å². The highest BCUT2D eigenvalue weighted by molar-refractivity contribution is 5.92. The van der Waals surface area contributed by atoms with E-state index in [-0.39, 0.29) is 17.5 Å². The molecule has 1 atom stereocenters. The molecule has 2 amide bonds. The molecule has 0 aromatic carbocycles. The maximum atomic E-state index is 12.1. The van der Waals surface area contributed by atoms with Gasteiger partial charge in [0.05, 0.1) is 11.9 Å². The number of likely N-dealkylation sites (tertiary alicyclic amines) is 1. The number of rotatable bonds is 3. The fourth-order valence-corrected chi connectivity index (χ4v) is 2.77. The van der Waals surface area contributed by atoms with Crippen molar-refractivity contribution in [3.8, 4) is 0 Å². The van der Waals surface area contributed by atoms with Gasteiger partial charge in [0.15, 0.2) is 0 Å². The van der Waals surface area contributed by atoms with E-state index in [4.69, 9.17) is 4.74 Å². The van der Waals surface area contributed by atoms with Crippen molar-refractivity contribution in [3.63, 3.8) is 0 Å². The first kappa shape index (κ1) is 20.1. The summed E-state index contributed by atoms with van der Waals surface area (Å²) in [7, 11) is 0. The minimum Gasteiger partial charge on any atom is -0.444 e. The summed E-state index contributed by atoms with van der Waals surface area (Å²) in [6, 6.07) is 0. The second-order valence-corrected chi connectivity index (χ2v) is 8.88. The molecule has 26 heavy (non-hydrogen) atoms. The SMILES string of the molecule is CC(C)(C)NC(=O)c1cnc(CC2CCN(C(=O)OC(C)(C)C)C2)cn1. The summed E-state index contributed by atoms with van der Waals surface area (Å²) in [5.41, 5.74) is 0.343. The van der Waals surface area contributed by atoms with Crippen LogP contribution in [0.4, 0.5) is 4.79 Å². The van der Waals surface area contributed by atoms with Gasteiger partial charge in [-0.1, -0.05) is 0 Å². The second kappa shape index (κ2) is 7.60. The second-order valence-electron chi connectivity index (χ2n) is 8.88. The van der Waals surface area contributed by atoms with Gasteiger partial charge in [-0.15, -0.1) is 0 Å². The molecule has 7 heteroatoms. The minimum absolute atomic E-state index is 0.228. The Balaban J connectivity index is 1.88. The van der Waals surface area contributed by atoms with Crippen LogP contribution < -0.4 is 5.32 Å². The molecular formula is C19H30N4O3. The number of nitrogens with zero attached hydrogens (tertiary/aromatic N) is 3. The Kier molecular flexibility index (Phi) is 5.88. The van der Waals surface area contributed by atoms with Crippen LogP contribution in [0, 0.1) is 5.92 Å². The predicted octanol–water partition coefficient (Wildman–Crippen LogP) is 2.80. The van der Waals surface area contributed by atoms with Gasteiger partial charge < -0.3 is 15.0 Å². The van der Waals surface area contributed by atoms with E-state index in [2.05, 4.69) is 15.3 Å². The van der Waals surface area contributed by atoms with Gasteiger partial charge in [0.2, 0.25) is 0 Å². The van der Waals surface area contributed by atoms with Crippen molar-refractivity contribution in [1.82, 2.24) is 20.2 Å². The van der Waals surface area contributed by atoms with Gasteiger partial charge in [-0.05, 0) is 60.3 Å². The van der Waals surface area contributed by atoms with Crippen LogP contribution >= 0.6 is 0 Å². The zero-order valence-corrected chi connectivity index (χ0v) is 16.6. The third-order valence-electron chi connectivity index (χ3n) is 3.86. The number of aromatic nitrogens is 2. The molecule has 1 saturated heterocycles. The molecule has 0 saturated carbocycles. The van der Waals surface area contributed by atoms with Crippen LogP contribution in [0.5, 0.6) is 0 Å². The molecule has 0 aliphatic carbocycles. The van der Waals surface area contributed by atoms with Crippen LogP contribution in [0.1, 0.15) is 64.1 Å². The number of amides is 2. The Morgan fingerprint density at radius 3 is 2.42 bits per heavy atom. The van der Waals surface area contributed by atoms with Crippen LogP contribution in [-0.2, 0) is 11.2 Å². The number of hydrogen-bond donors (Lipinski definition) is 1. The Labute approximate surface area is 155 Å². The van der Waals surface area contributed by atoms with Crippen molar-refractivity contribution in [1.29, 1.82) is 0 Å². The Morgan fingerprint density at radius 2 is 1.88 bits per heavy atom. The van der Waals surface area contributed by atoms with Crippen molar-refractivity contribution in [2.75, 3.05) is 13.1 Å². The van der Waals surface area contributed by atoms with E-state index in [9.17, 15) is 9.59 Å². The fraction of sp³-hybridized carbons (Fsp3) is 0.684. The molecule has 2 rings (SSSR count). The first-order valence-electron chi connectivity index (χ1n) is 9.04. The average Bonchev–Trinajstić information content (AvgIpc) is 2.93. The van der Waals surface area contributed by atoms with Crippen LogP contribution in [0.3, 0.4) is 0 Å². The van der Waals surface area contributed by atoms with Gasteiger partial charge >= 0.3 is 6.09 Å². The lowest BCUT2D eigenvalue weighted by Crippen LogP contribution is -2.41. The smallest absolute Gasteiger partial charge is 0.410 e. The third kappa shape index (κ3) is 6.28. The van der Waals surface area contributed by atoms with Crippen molar-refractivity contribution in [2.24, 2.45) is 5.92 Å². The number of hydrogen-bond acceptors (Lipinski definition) is 5. The quantitative estimate of drug-likeness (QED) is 0.894. The van der Waals surface area contributed by atoms with E-state index in [1.165, 1.54) is 6.20 Å². The maximum absolute atomic E-state index is 12.1. The van der Waals surface area contributed by atoms with Gasteiger partial charge in [-0.2, -0.15) is 0 Å². The summed E-state index contributed by atoms with van der Waals surface area (Å²) >= 11 is 0. The summed E-state index contributed by atoms with van der Waals surface area (Å²) in [5, 5.41) is 2.87. The molecule has 144 valence electrons. The molecule has 0 spiro atoms. The topological polar surface area (TPSA) is 84.4 Å². The predicted molar refractivity (Wildman–Crippen MR) is 98.9 cm³/mol. The van der Waals surface area contributed by atoms with Crippen molar-refractivity contribution in [3.05, 3.63) is 23.8 Å². The van der Waals surface area contributed by atoms with Crippen LogP contribution in [0.15, 0.2) is 12.4 Å². The van der Waals surface area contributed by atoms with Crippen molar-refractivity contribution in [2.45, 2.75) is 65.5 Å². The molecule has 0 bridgehead atoms. The standard InChI is InChI=1S/C19H30N4O3/c1-18(2,3)22-16(24)15-11-20-14(10-21-15)9-13-7-8-23(12-13)17(25)26-19(4,5)6/h10-11,13H,7-9,12H2,1-6H3,(H,22,24). The fourth-order valence-electron chi connectivity index (χ4n) is 2.77. The molecular weight excluding hydrogens is 332 g/mol. The van der Waals surface area contributed by atoms with Crippen molar-refractivity contribution < 1.29 is 14.3 Å². The molecule has 1 fully saturated rings. The van der Waals surface area contributed by atoms with Crippen LogP contribution in [0.25, 0.3) is 0 Å². The Morgan fingerprint density at radius 1 is 1.19 bits per heavy atom. The van der Waals surface area contributed by atoms with E-state index in [0.29, 0.717) is 24.7 Å². The molecule has 1 aromatic rings. The molecule has 0 radical (unpaired) electrons. The summed E-state index contributed by atoms with van der Waals surface area (Å²) in [4.78, 5) is 34.5. The molecule has 1 N–H and O–H groups in total. The van der Waals surface area contributed by atoms with E-state index in [0.717, 1.165) is 18.5 Å². The summed E-state index contributed by atoms with van der Waals surface area (Å²) in [5.74, 6) is 0.0968. The number of carbonyl (C=O) groups is 2. The maximum Gasteiger partial charge on any atom is 0.410 e. The molecule has 7 nitrogen and oxygen atoms in total. The van der Waals surface area contributed by atoms with Gasteiger partial charge in [0, 0.05) is 24.8 Å². The van der Waals surface area contributed by atoms with Crippen molar-refractivity contribution >= 4 is 12.0 Å². The summed E-state index contributed by atoms with van der Waals surface area (Å²) in [6.07, 6.45) is 4.53. The number of nitrogens with one attached hydrogen (secondary N) is 1. The Bertz CT molecular complexity index is 644. The molecule has 1 aliphatic heterocycles. The van der Waals surface area contributed by atoms with E-state index >= 15 is 0 Å². The normalized spacial score (nSPS) is 17.9. The largest absolute Gasteiger partial charge is 0.444 e. The van der Waals surface area contributed by atoms with Gasteiger partial charge in [-0.25, -0.2) is 9.78 Å². The lowest BCUT2D eigenvalue weighted by atomic mass is 10.0. The molecule has 1 unspecified atom stereocenters. The molecule has 1 aromatic heterocycles. The monoisotopic (exact) mass is 362 g/mol. The first-order chi connectivity index (χ1) is 11.9. The lowest BCUT2D eigenvalue weighted by molar-refractivity contribution is 0.0288. The van der Waals surface area contributed by atoms with Gasteiger partial charge in [0.1, 0.15) is 11.3 Å². The molecule has 1 aliphatic rings. The Hall–Kier alpha value is -2.18. The van der Waals surface area contributed by atoms with Crippen LogP contribution in [-0.4, -0.2) is 51.1 Å². The number of ether oxygens (including phenoxy) is 1. The highest BCUT2D eigenvalue weighted by Gasteiger charge is 2.30. The average molecular weight is 362 g/mol. The summed E-state index contributed by atoms with van der Waals surface area (Å²) in [6.45, 7) is 12.7. The third-order valence-corrected chi connectivity index (χ3v) is 3.86. The lowest BCUT2D eigenvalue weighted by Gasteiger charge is -2.24. The van der Waals surface area contributed by atoms with Gasteiger partial charge in [0.25, 0.3) is 5.91 Å². The van der Waals surface area contributed by atoms with E-state index < -0.39 is 5.60 Å².